The van der Waals surface area contributed by atoms with Gasteiger partial charge in [-0.25, -0.2) is 9.66 Å². The molecular weight excluding hydrogens is 348 g/mol. The molecule has 0 bridgehead atoms. The SMILES string of the molecule is Cc1nc2ccccc2c(=O)n1NC(=O)CN1C(=O)C2CC=CCC2C1=O. The van der Waals surface area contributed by atoms with Crippen LogP contribution < -0.4 is 11.0 Å². The molecule has 3 amide bonds. The molecule has 27 heavy (non-hydrogen) atoms. The number of nitrogens with zero attached hydrogens (tertiary/aromatic N) is 3. The summed E-state index contributed by atoms with van der Waals surface area (Å²) in [5.74, 6) is -1.74. The van der Waals surface area contributed by atoms with Crippen molar-refractivity contribution in [3.8, 4) is 0 Å². The molecule has 1 aromatic heterocycles. The second kappa shape index (κ2) is 6.46. The summed E-state index contributed by atoms with van der Waals surface area (Å²) in [7, 11) is 0. The lowest BCUT2D eigenvalue weighted by atomic mass is 9.85. The zero-order chi connectivity index (χ0) is 19.1. The highest BCUT2D eigenvalue weighted by molar-refractivity contribution is 6.08. The number of rotatable bonds is 3. The number of allylic oxidation sites excluding steroid dienone is 2. The quantitative estimate of drug-likeness (QED) is 0.637. The van der Waals surface area contributed by atoms with Crippen molar-refractivity contribution in [3.63, 3.8) is 0 Å². The van der Waals surface area contributed by atoms with Crippen molar-refractivity contribution < 1.29 is 14.4 Å². The number of hydrogen-bond acceptors (Lipinski definition) is 5. The molecular formula is C19H18N4O4. The van der Waals surface area contributed by atoms with Crippen molar-refractivity contribution in [2.24, 2.45) is 11.8 Å². The fraction of sp³-hybridized carbons (Fsp3) is 0.316. The standard InChI is InChI=1S/C19H18N4O4/c1-11-20-15-9-5-4-8-14(15)19(27)23(11)21-16(24)10-22-17(25)12-6-2-3-7-13(12)18(22)26/h2-5,8-9,12-13H,6-7,10H2,1H3,(H,21,24). The van der Waals surface area contributed by atoms with E-state index in [1.54, 1.807) is 31.2 Å². The number of aromatic nitrogens is 2. The van der Waals surface area contributed by atoms with Gasteiger partial charge in [0.1, 0.15) is 12.4 Å². The Morgan fingerprint density at radius 1 is 1.11 bits per heavy atom. The van der Waals surface area contributed by atoms with E-state index in [-0.39, 0.29) is 23.7 Å². The lowest BCUT2D eigenvalue weighted by Crippen LogP contribution is -2.43. The van der Waals surface area contributed by atoms with Crippen LogP contribution in [0.2, 0.25) is 0 Å². The zero-order valence-corrected chi connectivity index (χ0v) is 14.7. The summed E-state index contributed by atoms with van der Waals surface area (Å²) in [6, 6.07) is 6.82. The molecule has 1 aliphatic heterocycles. The number of para-hydroxylation sites is 1. The summed E-state index contributed by atoms with van der Waals surface area (Å²) in [4.78, 5) is 55.3. The van der Waals surface area contributed by atoms with Crippen LogP contribution in [-0.4, -0.2) is 38.8 Å². The Bertz CT molecular complexity index is 1030. The Kier molecular flexibility index (Phi) is 4.10. The molecule has 1 aromatic carbocycles. The molecule has 0 saturated carbocycles. The Hall–Kier alpha value is -3.29. The van der Waals surface area contributed by atoms with Gasteiger partial charge in [-0.05, 0) is 31.9 Å². The molecule has 2 unspecified atom stereocenters. The third kappa shape index (κ3) is 2.83. The highest BCUT2D eigenvalue weighted by Crippen LogP contribution is 2.34. The van der Waals surface area contributed by atoms with Crippen molar-refractivity contribution in [1.29, 1.82) is 0 Å². The summed E-state index contributed by atoms with van der Waals surface area (Å²) >= 11 is 0. The Morgan fingerprint density at radius 2 is 1.74 bits per heavy atom. The molecule has 2 heterocycles. The number of carbonyl (C=O) groups excluding carboxylic acids is 3. The van der Waals surface area contributed by atoms with Gasteiger partial charge in [-0.1, -0.05) is 24.3 Å². The van der Waals surface area contributed by atoms with Gasteiger partial charge in [-0.2, -0.15) is 0 Å². The van der Waals surface area contributed by atoms with Gasteiger partial charge in [0.2, 0.25) is 11.8 Å². The maximum absolute atomic E-state index is 12.6. The van der Waals surface area contributed by atoms with Crippen LogP contribution in [0.4, 0.5) is 0 Å². The van der Waals surface area contributed by atoms with Crippen LogP contribution in [0.25, 0.3) is 10.9 Å². The van der Waals surface area contributed by atoms with E-state index in [2.05, 4.69) is 10.4 Å². The molecule has 0 spiro atoms. The van der Waals surface area contributed by atoms with Crippen LogP contribution in [0.1, 0.15) is 18.7 Å². The average molecular weight is 366 g/mol. The first-order valence-corrected chi connectivity index (χ1v) is 8.76. The Balaban J connectivity index is 1.55. The molecule has 2 aliphatic rings. The number of benzene rings is 1. The molecule has 0 radical (unpaired) electrons. The smallest absolute Gasteiger partial charge is 0.274 e. The van der Waals surface area contributed by atoms with Crippen molar-refractivity contribution in [2.75, 3.05) is 12.0 Å². The molecule has 8 nitrogen and oxygen atoms in total. The van der Waals surface area contributed by atoms with Crippen LogP contribution in [0, 0.1) is 18.8 Å². The number of amides is 3. The first-order chi connectivity index (χ1) is 13.0. The Labute approximate surface area is 154 Å². The maximum atomic E-state index is 12.6. The Morgan fingerprint density at radius 3 is 2.41 bits per heavy atom. The molecule has 8 heteroatoms. The number of hydrogen-bond donors (Lipinski definition) is 1. The van der Waals surface area contributed by atoms with Gasteiger partial charge in [-0.3, -0.25) is 29.5 Å². The summed E-state index contributed by atoms with van der Waals surface area (Å²) in [5, 5.41) is 0.369. The maximum Gasteiger partial charge on any atom is 0.280 e. The van der Waals surface area contributed by atoms with Gasteiger partial charge < -0.3 is 0 Å². The number of imide groups is 1. The van der Waals surface area contributed by atoms with E-state index in [0.717, 1.165) is 9.58 Å². The van der Waals surface area contributed by atoms with E-state index < -0.39 is 18.0 Å². The van der Waals surface area contributed by atoms with Crippen molar-refractivity contribution in [1.82, 2.24) is 14.6 Å². The number of likely N-dealkylation sites (tertiary alicyclic amines) is 1. The number of aryl methyl sites for hydroxylation is 1. The topological polar surface area (TPSA) is 101 Å². The van der Waals surface area contributed by atoms with Crippen molar-refractivity contribution >= 4 is 28.6 Å². The minimum atomic E-state index is -0.620. The van der Waals surface area contributed by atoms with E-state index in [0.29, 0.717) is 29.6 Å². The summed E-state index contributed by atoms with van der Waals surface area (Å²) in [6.45, 7) is 1.18. The summed E-state index contributed by atoms with van der Waals surface area (Å²) in [5.41, 5.74) is 2.58. The summed E-state index contributed by atoms with van der Waals surface area (Å²) in [6.07, 6.45) is 4.81. The third-order valence-corrected chi connectivity index (χ3v) is 5.08. The molecule has 2 aromatic rings. The lowest BCUT2D eigenvalue weighted by Gasteiger charge is -2.16. The monoisotopic (exact) mass is 366 g/mol. The molecule has 1 aliphatic carbocycles. The second-order valence-corrected chi connectivity index (χ2v) is 6.77. The van der Waals surface area contributed by atoms with Crippen LogP contribution >= 0.6 is 0 Å². The number of carbonyl (C=O) groups is 3. The van der Waals surface area contributed by atoms with E-state index in [1.165, 1.54) is 0 Å². The van der Waals surface area contributed by atoms with Gasteiger partial charge in [0.15, 0.2) is 0 Å². The summed E-state index contributed by atoms with van der Waals surface area (Å²) < 4.78 is 1.05. The number of nitrogens with one attached hydrogen (secondary N) is 1. The van der Waals surface area contributed by atoms with E-state index in [9.17, 15) is 19.2 Å². The number of fused-ring (bicyclic) bond motifs is 2. The predicted octanol–water partition coefficient (Wildman–Crippen LogP) is 0.726. The fourth-order valence-electron chi connectivity index (χ4n) is 3.70. The zero-order valence-electron chi connectivity index (χ0n) is 14.7. The molecule has 1 N–H and O–H groups in total. The highest BCUT2D eigenvalue weighted by atomic mass is 16.2. The third-order valence-electron chi connectivity index (χ3n) is 5.08. The molecule has 1 saturated heterocycles. The lowest BCUT2D eigenvalue weighted by molar-refractivity contribution is -0.142. The van der Waals surface area contributed by atoms with E-state index in [1.807, 2.05) is 12.2 Å². The van der Waals surface area contributed by atoms with Gasteiger partial charge in [0.05, 0.1) is 22.7 Å². The average Bonchev–Trinajstić information content (AvgIpc) is 2.90. The van der Waals surface area contributed by atoms with Gasteiger partial charge in [0, 0.05) is 0 Å². The fourth-order valence-corrected chi connectivity index (χ4v) is 3.70. The van der Waals surface area contributed by atoms with Gasteiger partial charge in [-0.15, -0.1) is 0 Å². The highest BCUT2D eigenvalue weighted by Gasteiger charge is 2.47. The van der Waals surface area contributed by atoms with Crippen molar-refractivity contribution in [3.05, 3.63) is 52.6 Å². The van der Waals surface area contributed by atoms with E-state index >= 15 is 0 Å². The predicted molar refractivity (Wildman–Crippen MR) is 97.2 cm³/mol. The van der Waals surface area contributed by atoms with Crippen LogP contribution in [0.3, 0.4) is 0 Å². The largest absolute Gasteiger partial charge is 0.280 e. The van der Waals surface area contributed by atoms with Crippen LogP contribution in [0.5, 0.6) is 0 Å². The minimum Gasteiger partial charge on any atom is -0.274 e. The normalized spacial score (nSPS) is 21.6. The molecule has 2 atom stereocenters. The van der Waals surface area contributed by atoms with Crippen molar-refractivity contribution in [2.45, 2.75) is 19.8 Å². The minimum absolute atomic E-state index is 0.309. The van der Waals surface area contributed by atoms with Gasteiger partial charge in [0.25, 0.3) is 11.5 Å². The molecule has 4 rings (SSSR count). The van der Waals surface area contributed by atoms with Gasteiger partial charge >= 0.3 is 0 Å². The second-order valence-electron chi connectivity index (χ2n) is 6.77. The van der Waals surface area contributed by atoms with E-state index in [4.69, 9.17) is 0 Å². The molecule has 1 fully saturated rings. The first kappa shape index (κ1) is 17.1. The van der Waals surface area contributed by atoms with Crippen LogP contribution in [0.15, 0.2) is 41.2 Å². The molecule has 138 valence electrons. The van der Waals surface area contributed by atoms with Crippen LogP contribution in [-0.2, 0) is 14.4 Å². The first-order valence-electron chi connectivity index (χ1n) is 8.76.